The second kappa shape index (κ2) is 5.31. The van der Waals surface area contributed by atoms with Gasteiger partial charge in [0.25, 0.3) is 0 Å². The van der Waals surface area contributed by atoms with Gasteiger partial charge in [0.15, 0.2) is 5.65 Å². The summed E-state index contributed by atoms with van der Waals surface area (Å²) in [6, 6.07) is 6.67. The normalized spacial score (nSPS) is 11.0. The fourth-order valence-electron chi connectivity index (χ4n) is 2.59. The Labute approximate surface area is 136 Å². The Morgan fingerprint density at radius 3 is 2.38 bits per heavy atom. The number of carboxylic acids is 1. The molecule has 24 heavy (non-hydrogen) atoms. The molecule has 0 amide bonds. The maximum atomic E-state index is 10.9. The Bertz CT molecular complexity index is 1050. The first-order valence-corrected chi connectivity index (χ1v) is 7.28. The average Bonchev–Trinajstić information content (AvgIpc) is 3.20. The topological polar surface area (TPSA) is 85.3 Å². The number of hydrogen-bond donors (Lipinski definition) is 1. The fraction of sp³-hybridized carbons (Fsp3) is 0.0588. The molecule has 0 aliphatic heterocycles. The van der Waals surface area contributed by atoms with E-state index in [0.29, 0.717) is 5.65 Å². The highest BCUT2D eigenvalue weighted by atomic mass is 16.4. The van der Waals surface area contributed by atoms with Gasteiger partial charge in [0.05, 0.1) is 18.0 Å². The van der Waals surface area contributed by atoms with Crippen molar-refractivity contribution in [1.82, 2.24) is 24.4 Å². The van der Waals surface area contributed by atoms with Crippen molar-refractivity contribution in [3.8, 4) is 22.3 Å². The van der Waals surface area contributed by atoms with Gasteiger partial charge in [0.2, 0.25) is 0 Å². The first-order chi connectivity index (χ1) is 11.6. The van der Waals surface area contributed by atoms with E-state index < -0.39 is 5.97 Å². The molecule has 3 aromatic heterocycles. The van der Waals surface area contributed by atoms with Crippen LogP contribution in [0.2, 0.25) is 0 Å². The molecular formula is C17H13N5O2. The van der Waals surface area contributed by atoms with Crippen LogP contribution in [0.3, 0.4) is 0 Å². The highest BCUT2D eigenvalue weighted by Gasteiger charge is 2.11. The number of benzene rings is 1. The molecule has 1 N–H and O–H groups in total. The maximum absolute atomic E-state index is 10.9. The lowest BCUT2D eigenvalue weighted by Crippen LogP contribution is -1.95. The molecule has 0 fully saturated rings. The number of aromatic carboxylic acids is 1. The molecule has 0 radical (unpaired) electrons. The zero-order valence-electron chi connectivity index (χ0n) is 12.8. The summed E-state index contributed by atoms with van der Waals surface area (Å²) >= 11 is 0. The molecule has 0 atom stereocenters. The van der Waals surface area contributed by atoms with Gasteiger partial charge in [-0.2, -0.15) is 10.2 Å². The summed E-state index contributed by atoms with van der Waals surface area (Å²) in [5.41, 5.74) is 4.58. The van der Waals surface area contributed by atoms with Crippen molar-refractivity contribution < 1.29 is 9.90 Å². The lowest BCUT2D eigenvalue weighted by atomic mass is 10.1. The third-order valence-corrected chi connectivity index (χ3v) is 3.84. The van der Waals surface area contributed by atoms with Crippen molar-refractivity contribution in [2.75, 3.05) is 0 Å². The third kappa shape index (κ3) is 2.32. The third-order valence-electron chi connectivity index (χ3n) is 3.84. The molecule has 0 saturated carbocycles. The molecular weight excluding hydrogens is 306 g/mol. The number of rotatable bonds is 3. The molecule has 1 aromatic carbocycles. The van der Waals surface area contributed by atoms with Gasteiger partial charge in [0, 0.05) is 42.3 Å². The fourth-order valence-corrected chi connectivity index (χ4v) is 2.59. The monoisotopic (exact) mass is 319 g/mol. The highest BCUT2D eigenvalue weighted by molar-refractivity contribution is 5.89. The van der Waals surface area contributed by atoms with E-state index in [1.165, 1.54) is 0 Å². The SMILES string of the molecule is Cn1cc(-c2cnc3c(-c4ccc(C(=O)O)cc4)cnn3c2)cn1. The molecule has 0 aliphatic rings. The van der Waals surface area contributed by atoms with Gasteiger partial charge in [0.1, 0.15) is 0 Å². The minimum absolute atomic E-state index is 0.252. The Hall–Kier alpha value is -3.48. The smallest absolute Gasteiger partial charge is 0.335 e. The summed E-state index contributed by atoms with van der Waals surface area (Å²) in [5.74, 6) is -0.944. The van der Waals surface area contributed by atoms with E-state index in [0.717, 1.165) is 22.3 Å². The first kappa shape index (κ1) is 14.1. The summed E-state index contributed by atoms with van der Waals surface area (Å²) in [4.78, 5) is 15.5. The molecule has 7 nitrogen and oxygen atoms in total. The van der Waals surface area contributed by atoms with Crippen LogP contribution in [0, 0.1) is 0 Å². The van der Waals surface area contributed by atoms with Gasteiger partial charge in [-0.25, -0.2) is 14.3 Å². The van der Waals surface area contributed by atoms with Crippen molar-refractivity contribution in [2.24, 2.45) is 7.05 Å². The Morgan fingerprint density at radius 2 is 1.71 bits per heavy atom. The van der Waals surface area contributed by atoms with E-state index in [9.17, 15) is 4.79 Å². The van der Waals surface area contributed by atoms with Gasteiger partial charge in [-0.15, -0.1) is 0 Å². The van der Waals surface area contributed by atoms with E-state index in [2.05, 4.69) is 15.2 Å². The highest BCUT2D eigenvalue weighted by Crippen LogP contribution is 2.25. The number of fused-ring (bicyclic) bond motifs is 1. The molecule has 0 bridgehead atoms. The Morgan fingerprint density at radius 1 is 0.958 bits per heavy atom. The second-order valence-corrected chi connectivity index (χ2v) is 5.45. The minimum Gasteiger partial charge on any atom is -0.478 e. The van der Waals surface area contributed by atoms with Crippen LogP contribution in [0.4, 0.5) is 0 Å². The van der Waals surface area contributed by atoms with Crippen molar-refractivity contribution in [1.29, 1.82) is 0 Å². The molecule has 3 heterocycles. The van der Waals surface area contributed by atoms with Gasteiger partial charge < -0.3 is 5.11 Å². The van der Waals surface area contributed by atoms with Gasteiger partial charge in [-0.1, -0.05) is 12.1 Å². The van der Waals surface area contributed by atoms with Gasteiger partial charge >= 0.3 is 5.97 Å². The largest absolute Gasteiger partial charge is 0.478 e. The Balaban J connectivity index is 1.76. The van der Waals surface area contributed by atoms with Crippen molar-refractivity contribution in [3.05, 3.63) is 60.8 Å². The molecule has 4 aromatic rings. The summed E-state index contributed by atoms with van der Waals surface area (Å²) in [5, 5.41) is 17.5. The van der Waals surface area contributed by atoms with Crippen LogP contribution in [-0.4, -0.2) is 35.5 Å². The quantitative estimate of drug-likeness (QED) is 0.627. The molecule has 0 unspecified atom stereocenters. The molecule has 0 spiro atoms. The zero-order chi connectivity index (χ0) is 16.7. The summed E-state index contributed by atoms with van der Waals surface area (Å²) < 4.78 is 3.45. The molecule has 7 heteroatoms. The van der Waals surface area contributed by atoms with Crippen LogP contribution in [0.15, 0.2) is 55.2 Å². The predicted octanol–water partition coefficient (Wildman–Crippen LogP) is 2.50. The zero-order valence-corrected chi connectivity index (χ0v) is 12.8. The minimum atomic E-state index is -0.944. The van der Waals surface area contributed by atoms with Crippen LogP contribution in [0.5, 0.6) is 0 Å². The van der Waals surface area contributed by atoms with E-state index in [1.54, 1.807) is 52.1 Å². The van der Waals surface area contributed by atoms with Crippen LogP contribution >= 0.6 is 0 Å². The van der Waals surface area contributed by atoms with Crippen molar-refractivity contribution in [3.63, 3.8) is 0 Å². The van der Waals surface area contributed by atoms with E-state index in [1.807, 2.05) is 19.4 Å². The lowest BCUT2D eigenvalue weighted by molar-refractivity contribution is 0.0697. The van der Waals surface area contributed by atoms with Crippen molar-refractivity contribution >= 4 is 11.6 Å². The van der Waals surface area contributed by atoms with Crippen molar-refractivity contribution in [2.45, 2.75) is 0 Å². The predicted molar refractivity (Wildman–Crippen MR) is 87.6 cm³/mol. The van der Waals surface area contributed by atoms with Crippen LogP contribution in [0.1, 0.15) is 10.4 Å². The number of aromatic nitrogens is 5. The van der Waals surface area contributed by atoms with Gasteiger partial charge in [-0.3, -0.25) is 4.68 Å². The summed E-state index contributed by atoms with van der Waals surface area (Å²) in [6.07, 6.45) is 9.10. The average molecular weight is 319 g/mol. The number of hydrogen-bond acceptors (Lipinski definition) is 4. The number of carboxylic acid groups (broad SMARTS) is 1. The van der Waals surface area contributed by atoms with E-state index in [4.69, 9.17) is 5.11 Å². The lowest BCUT2D eigenvalue weighted by Gasteiger charge is -2.02. The van der Waals surface area contributed by atoms with Crippen LogP contribution in [0.25, 0.3) is 27.9 Å². The van der Waals surface area contributed by atoms with Gasteiger partial charge in [-0.05, 0) is 17.7 Å². The summed E-state index contributed by atoms with van der Waals surface area (Å²) in [7, 11) is 1.86. The molecule has 0 saturated heterocycles. The number of nitrogens with zero attached hydrogens (tertiary/aromatic N) is 5. The second-order valence-electron chi connectivity index (χ2n) is 5.45. The number of carbonyl (C=O) groups is 1. The maximum Gasteiger partial charge on any atom is 0.335 e. The summed E-state index contributed by atoms with van der Waals surface area (Å²) in [6.45, 7) is 0. The van der Waals surface area contributed by atoms with E-state index in [-0.39, 0.29) is 5.56 Å². The standard InChI is InChI=1S/C17H13N5O2/c1-21-9-14(7-19-21)13-6-18-16-15(8-20-22(16)10-13)11-2-4-12(5-3-11)17(23)24/h2-10H,1H3,(H,23,24). The van der Waals surface area contributed by atoms with Crippen LogP contribution < -0.4 is 0 Å². The van der Waals surface area contributed by atoms with E-state index >= 15 is 0 Å². The molecule has 0 aliphatic carbocycles. The number of aryl methyl sites for hydroxylation is 1. The van der Waals surface area contributed by atoms with Crippen LogP contribution in [-0.2, 0) is 7.05 Å². The molecule has 118 valence electrons. The molecule has 4 rings (SSSR count). The Kier molecular flexibility index (Phi) is 3.13. The first-order valence-electron chi connectivity index (χ1n) is 7.28.